The van der Waals surface area contributed by atoms with Gasteiger partial charge in [0.05, 0.1) is 11.2 Å². The Kier molecular flexibility index (Phi) is 4.13. The van der Waals surface area contributed by atoms with E-state index in [1.54, 1.807) is 6.92 Å². The number of hydrogen-bond acceptors (Lipinski definition) is 2. The number of carbonyl (C=O) groups is 1. The van der Waals surface area contributed by atoms with Gasteiger partial charge in [0.2, 0.25) is 0 Å². The van der Waals surface area contributed by atoms with Gasteiger partial charge in [-0.1, -0.05) is 6.07 Å². The van der Waals surface area contributed by atoms with Gasteiger partial charge < -0.3 is 15.7 Å². The number of halogens is 3. The minimum Gasteiger partial charge on any atom is -0.388 e. The lowest BCUT2D eigenvalue weighted by Gasteiger charge is -2.36. The van der Waals surface area contributed by atoms with Gasteiger partial charge in [0, 0.05) is 12.2 Å². The summed E-state index contributed by atoms with van der Waals surface area (Å²) in [6.45, 7) is 1.70. The van der Waals surface area contributed by atoms with Crippen molar-refractivity contribution in [1.82, 2.24) is 5.32 Å². The first-order valence-electron chi connectivity index (χ1n) is 6.65. The molecule has 0 unspecified atom stereocenters. The van der Waals surface area contributed by atoms with Gasteiger partial charge in [-0.25, -0.2) is 4.79 Å². The molecular weight excluding hydrogens is 285 g/mol. The highest BCUT2D eigenvalue weighted by Crippen LogP contribution is 2.32. The van der Waals surface area contributed by atoms with Crippen molar-refractivity contribution in [3.63, 3.8) is 0 Å². The summed E-state index contributed by atoms with van der Waals surface area (Å²) >= 11 is 0. The minimum absolute atomic E-state index is 0.0941. The summed E-state index contributed by atoms with van der Waals surface area (Å²) in [7, 11) is 0. The lowest BCUT2D eigenvalue weighted by molar-refractivity contribution is -0.137. The van der Waals surface area contributed by atoms with Crippen molar-refractivity contribution < 1.29 is 23.1 Å². The molecule has 1 fully saturated rings. The molecule has 0 radical (unpaired) electrons. The molecule has 3 N–H and O–H groups in total. The fourth-order valence-electron chi connectivity index (χ4n) is 2.11. The third-order valence-corrected chi connectivity index (χ3v) is 3.68. The van der Waals surface area contributed by atoms with Crippen LogP contribution in [0.3, 0.4) is 0 Å². The monoisotopic (exact) mass is 302 g/mol. The molecule has 116 valence electrons. The molecule has 1 aromatic rings. The normalized spacial score (nSPS) is 17.0. The van der Waals surface area contributed by atoms with Gasteiger partial charge in [0.25, 0.3) is 0 Å². The number of urea groups is 1. The van der Waals surface area contributed by atoms with Crippen LogP contribution in [-0.2, 0) is 6.18 Å². The van der Waals surface area contributed by atoms with Crippen molar-refractivity contribution in [2.24, 2.45) is 0 Å². The Hall–Kier alpha value is -1.76. The SMILES string of the molecule is Cc1ccc(C(F)(F)F)cc1NC(=O)NCC1(O)CCC1. The molecule has 0 spiro atoms. The largest absolute Gasteiger partial charge is 0.416 e. The van der Waals surface area contributed by atoms with Crippen molar-refractivity contribution in [2.75, 3.05) is 11.9 Å². The molecule has 1 saturated carbocycles. The Bertz CT molecular complexity index is 540. The van der Waals surface area contributed by atoms with Gasteiger partial charge in [-0.05, 0) is 43.9 Å². The lowest BCUT2D eigenvalue weighted by atomic mass is 9.80. The molecule has 1 aliphatic carbocycles. The number of rotatable bonds is 3. The van der Waals surface area contributed by atoms with E-state index in [9.17, 15) is 23.1 Å². The number of nitrogens with one attached hydrogen (secondary N) is 2. The summed E-state index contributed by atoms with van der Waals surface area (Å²) in [4.78, 5) is 11.7. The van der Waals surface area contributed by atoms with Crippen molar-refractivity contribution in [1.29, 1.82) is 0 Å². The van der Waals surface area contributed by atoms with E-state index in [2.05, 4.69) is 10.6 Å². The van der Waals surface area contributed by atoms with Crippen LogP contribution < -0.4 is 10.6 Å². The van der Waals surface area contributed by atoms with Gasteiger partial charge in [-0.15, -0.1) is 0 Å². The van der Waals surface area contributed by atoms with Crippen molar-refractivity contribution in [3.05, 3.63) is 29.3 Å². The van der Waals surface area contributed by atoms with Crippen LogP contribution in [0.15, 0.2) is 18.2 Å². The zero-order valence-corrected chi connectivity index (χ0v) is 11.5. The third kappa shape index (κ3) is 3.87. The molecule has 0 aliphatic heterocycles. The van der Waals surface area contributed by atoms with E-state index in [0.29, 0.717) is 18.4 Å². The van der Waals surface area contributed by atoms with E-state index in [0.717, 1.165) is 18.6 Å². The highest BCUT2D eigenvalue weighted by Gasteiger charge is 2.34. The van der Waals surface area contributed by atoms with Gasteiger partial charge in [0.1, 0.15) is 0 Å². The zero-order valence-electron chi connectivity index (χ0n) is 11.5. The van der Waals surface area contributed by atoms with Crippen LogP contribution in [0, 0.1) is 6.92 Å². The zero-order chi connectivity index (χ0) is 15.7. The number of aryl methyl sites for hydroxylation is 1. The topological polar surface area (TPSA) is 61.4 Å². The second-order valence-corrected chi connectivity index (χ2v) is 5.41. The number of aliphatic hydroxyl groups is 1. The average molecular weight is 302 g/mol. The summed E-state index contributed by atoms with van der Waals surface area (Å²) in [5, 5.41) is 14.7. The quantitative estimate of drug-likeness (QED) is 0.803. The first-order chi connectivity index (χ1) is 9.70. The minimum atomic E-state index is -4.46. The predicted molar refractivity (Wildman–Crippen MR) is 72.0 cm³/mol. The van der Waals surface area contributed by atoms with E-state index < -0.39 is 23.4 Å². The standard InChI is InChI=1S/C14H17F3N2O2/c1-9-3-4-10(14(15,16)17)7-11(9)19-12(20)18-8-13(21)5-2-6-13/h3-4,7,21H,2,5-6,8H2,1H3,(H2,18,19,20). The van der Waals surface area contributed by atoms with E-state index in [4.69, 9.17) is 0 Å². The number of benzene rings is 1. The van der Waals surface area contributed by atoms with E-state index in [-0.39, 0.29) is 12.2 Å². The molecule has 7 heteroatoms. The Labute approximate surface area is 120 Å². The molecule has 2 rings (SSSR count). The van der Waals surface area contributed by atoms with Crippen LogP contribution in [-0.4, -0.2) is 23.3 Å². The third-order valence-electron chi connectivity index (χ3n) is 3.68. The summed E-state index contributed by atoms with van der Waals surface area (Å²) in [5.74, 6) is 0. The van der Waals surface area contributed by atoms with Crippen molar-refractivity contribution >= 4 is 11.7 Å². The second-order valence-electron chi connectivity index (χ2n) is 5.41. The van der Waals surface area contributed by atoms with Crippen LogP contribution in [0.1, 0.15) is 30.4 Å². The molecule has 0 saturated heterocycles. The Morgan fingerprint density at radius 3 is 2.57 bits per heavy atom. The highest BCUT2D eigenvalue weighted by molar-refractivity contribution is 5.90. The van der Waals surface area contributed by atoms with Gasteiger partial charge in [-0.3, -0.25) is 0 Å². The Morgan fingerprint density at radius 1 is 1.38 bits per heavy atom. The number of amides is 2. The fourth-order valence-corrected chi connectivity index (χ4v) is 2.11. The van der Waals surface area contributed by atoms with Gasteiger partial charge >= 0.3 is 12.2 Å². The maximum absolute atomic E-state index is 12.6. The van der Waals surface area contributed by atoms with Crippen LogP contribution in [0.25, 0.3) is 0 Å². The number of carbonyl (C=O) groups excluding carboxylic acids is 1. The predicted octanol–water partition coefficient (Wildman–Crippen LogP) is 3.05. The Balaban J connectivity index is 1.99. The first-order valence-corrected chi connectivity index (χ1v) is 6.65. The highest BCUT2D eigenvalue weighted by atomic mass is 19.4. The number of anilines is 1. The number of hydrogen-bond donors (Lipinski definition) is 3. The van der Waals surface area contributed by atoms with E-state index in [1.165, 1.54) is 6.07 Å². The molecule has 1 aromatic carbocycles. The molecule has 2 amide bonds. The molecular formula is C14H17F3N2O2. The van der Waals surface area contributed by atoms with Crippen LogP contribution in [0.4, 0.5) is 23.7 Å². The Morgan fingerprint density at radius 2 is 2.05 bits per heavy atom. The lowest BCUT2D eigenvalue weighted by Crippen LogP contribution is -2.48. The maximum Gasteiger partial charge on any atom is 0.416 e. The number of alkyl halides is 3. The van der Waals surface area contributed by atoms with Crippen molar-refractivity contribution in [2.45, 2.75) is 38.0 Å². The second kappa shape index (κ2) is 5.55. The summed E-state index contributed by atoms with van der Waals surface area (Å²) in [5.41, 5.74) is -1.07. The van der Waals surface area contributed by atoms with Gasteiger partial charge in [0.15, 0.2) is 0 Å². The average Bonchev–Trinajstić information content (AvgIpc) is 2.35. The van der Waals surface area contributed by atoms with E-state index >= 15 is 0 Å². The molecule has 0 aromatic heterocycles. The first kappa shape index (κ1) is 15.6. The van der Waals surface area contributed by atoms with Crippen LogP contribution in [0.5, 0.6) is 0 Å². The smallest absolute Gasteiger partial charge is 0.388 e. The molecule has 0 bridgehead atoms. The summed E-state index contributed by atoms with van der Waals surface area (Å²) in [6, 6.07) is 2.54. The van der Waals surface area contributed by atoms with E-state index in [1.807, 2.05) is 0 Å². The van der Waals surface area contributed by atoms with Crippen LogP contribution >= 0.6 is 0 Å². The molecule has 0 heterocycles. The summed E-state index contributed by atoms with van der Waals surface area (Å²) in [6.07, 6.45) is -2.31. The van der Waals surface area contributed by atoms with Crippen molar-refractivity contribution in [3.8, 4) is 0 Å². The summed E-state index contributed by atoms with van der Waals surface area (Å²) < 4.78 is 37.9. The molecule has 4 nitrogen and oxygen atoms in total. The molecule has 21 heavy (non-hydrogen) atoms. The maximum atomic E-state index is 12.6. The molecule has 0 atom stereocenters. The van der Waals surface area contributed by atoms with Crippen LogP contribution in [0.2, 0.25) is 0 Å². The molecule has 1 aliphatic rings. The fraction of sp³-hybridized carbons (Fsp3) is 0.500. The van der Waals surface area contributed by atoms with Gasteiger partial charge in [-0.2, -0.15) is 13.2 Å².